The molecule has 0 unspecified atom stereocenters. The molecule has 39 heavy (non-hydrogen) atoms. The van der Waals surface area contributed by atoms with Gasteiger partial charge in [-0.25, -0.2) is 4.98 Å². The number of furan rings is 1. The topological polar surface area (TPSA) is 122 Å². The van der Waals surface area contributed by atoms with E-state index >= 15 is 0 Å². The van der Waals surface area contributed by atoms with Gasteiger partial charge in [-0.05, 0) is 49.7 Å². The van der Waals surface area contributed by atoms with Gasteiger partial charge in [-0.3, -0.25) is 14.9 Å². The minimum Gasteiger partial charge on any atom is -0.496 e. The molecule has 11 heteroatoms. The summed E-state index contributed by atoms with van der Waals surface area (Å²) < 4.78 is 18.2. The quantitative estimate of drug-likeness (QED) is 0.125. The molecule has 0 amide bonds. The lowest BCUT2D eigenvalue weighted by Crippen LogP contribution is -2.20. The highest BCUT2D eigenvalue weighted by Crippen LogP contribution is 2.37. The monoisotopic (exact) mass is 546 g/mol. The lowest BCUT2D eigenvalue weighted by molar-refractivity contribution is -0.386. The highest BCUT2D eigenvalue weighted by Gasteiger charge is 2.22. The van der Waals surface area contributed by atoms with Gasteiger partial charge in [0.25, 0.3) is 5.56 Å². The molecule has 10 nitrogen and oxygen atoms in total. The van der Waals surface area contributed by atoms with E-state index in [9.17, 15) is 14.9 Å². The lowest BCUT2D eigenvalue weighted by Gasteiger charge is -2.14. The van der Waals surface area contributed by atoms with Crippen molar-refractivity contribution in [3.63, 3.8) is 0 Å². The average Bonchev–Trinajstić information content (AvgIpc) is 3.38. The first-order chi connectivity index (χ1) is 18.8. The van der Waals surface area contributed by atoms with Crippen molar-refractivity contribution in [2.24, 2.45) is 5.10 Å². The van der Waals surface area contributed by atoms with Gasteiger partial charge < -0.3 is 13.9 Å². The van der Waals surface area contributed by atoms with E-state index in [0.29, 0.717) is 39.6 Å². The standard InChI is InChI=1S/C28H23ClN4O6/c1-4-16(2)38-26-20(29)12-17(13-22(26)33(35)36)15-30-32-27(31-21-9-6-5-8-18(21)28(32)34)25-14-19-23(37-3)10-7-11-24(19)39-25/h5-16H,4H2,1-3H3/t16-/m1/s1. The van der Waals surface area contributed by atoms with E-state index in [2.05, 4.69) is 10.1 Å². The van der Waals surface area contributed by atoms with Gasteiger partial charge in [0.1, 0.15) is 11.3 Å². The van der Waals surface area contributed by atoms with Gasteiger partial charge in [-0.2, -0.15) is 9.78 Å². The predicted octanol–water partition coefficient (Wildman–Crippen LogP) is 6.44. The fourth-order valence-corrected chi connectivity index (χ4v) is 4.32. The number of ether oxygens (including phenoxy) is 2. The van der Waals surface area contributed by atoms with Gasteiger partial charge in [-0.1, -0.05) is 36.7 Å². The van der Waals surface area contributed by atoms with Crippen LogP contribution in [-0.2, 0) is 0 Å². The van der Waals surface area contributed by atoms with Crippen LogP contribution in [0.2, 0.25) is 5.02 Å². The Bertz CT molecular complexity index is 1810. The Morgan fingerprint density at radius 1 is 1.18 bits per heavy atom. The number of hydrogen-bond donors (Lipinski definition) is 0. The van der Waals surface area contributed by atoms with Gasteiger partial charge in [0, 0.05) is 11.6 Å². The molecule has 0 saturated carbocycles. The first-order valence-electron chi connectivity index (χ1n) is 12.1. The molecule has 0 spiro atoms. The van der Waals surface area contributed by atoms with Crippen LogP contribution in [0.4, 0.5) is 5.69 Å². The van der Waals surface area contributed by atoms with E-state index in [4.69, 9.17) is 25.5 Å². The van der Waals surface area contributed by atoms with Crippen LogP contribution in [0.15, 0.2) is 75.0 Å². The highest BCUT2D eigenvalue weighted by atomic mass is 35.5. The molecule has 198 valence electrons. The summed E-state index contributed by atoms with van der Waals surface area (Å²) >= 11 is 6.37. The third-order valence-electron chi connectivity index (χ3n) is 6.17. The summed E-state index contributed by atoms with van der Waals surface area (Å²) in [5, 5.41) is 17.2. The van der Waals surface area contributed by atoms with Crippen molar-refractivity contribution in [2.75, 3.05) is 7.11 Å². The van der Waals surface area contributed by atoms with E-state index in [1.807, 2.05) is 6.92 Å². The van der Waals surface area contributed by atoms with Crippen LogP contribution in [0, 0.1) is 10.1 Å². The predicted molar refractivity (Wildman–Crippen MR) is 149 cm³/mol. The van der Waals surface area contributed by atoms with Crippen molar-refractivity contribution in [2.45, 2.75) is 26.4 Å². The van der Waals surface area contributed by atoms with Crippen molar-refractivity contribution < 1.29 is 18.8 Å². The summed E-state index contributed by atoms with van der Waals surface area (Å²) in [6.07, 6.45) is 1.68. The van der Waals surface area contributed by atoms with Crippen molar-refractivity contribution >= 4 is 45.4 Å². The van der Waals surface area contributed by atoms with Gasteiger partial charge in [0.15, 0.2) is 5.76 Å². The Morgan fingerprint density at radius 3 is 2.72 bits per heavy atom. The maximum atomic E-state index is 13.5. The van der Waals surface area contributed by atoms with Crippen molar-refractivity contribution in [3.05, 3.63) is 91.7 Å². The second-order valence-corrected chi connectivity index (χ2v) is 9.15. The molecule has 0 aliphatic carbocycles. The van der Waals surface area contributed by atoms with Crippen LogP contribution in [0.25, 0.3) is 33.5 Å². The molecule has 1 atom stereocenters. The summed E-state index contributed by atoms with van der Waals surface area (Å²) in [5.41, 5.74) is 0.540. The van der Waals surface area contributed by atoms with Gasteiger partial charge in [-0.15, -0.1) is 0 Å². The number of para-hydroxylation sites is 1. The fourth-order valence-electron chi connectivity index (χ4n) is 4.05. The maximum Gasteiger partial charge on any atom is 0.313 e. The number of hydrogen-bond acceptors (Lipinski definition) is 8. The maximum absolute atomic E-state index is 13.5. The minimum absolute atomic E-state index is 0.0189. The van der Waals surface area contributed by atoms with E-state index in [0.717, 1.165) is 4.68 Å². The average molecular weight is 547 g/mol. The van der Waals surface area contributed by atoms with Gasteiger partial charge >= 0.3 is 5.69 Å². The Kier molecular flexibility index (Phi) is 7.03. The Labute approximate surface area is 227 Å². The second-order valence-electron chi connectivity index (χ2n) is 8.74. The normalized spacial score (nSPS) is 12.3. The highest BCUT2D eigenvalue weighted by molar-refractivity contribution is 6.32. The number of methoxy groups -OCH3 is 1. The SMILES string of the molecule is CC[C@@H](C)Oc1c(Cl)cc(C=Nn2c(-c3cc4c(OC)cccc4o3)nc3ccccc3c2=O)cc1[N+](=O)[O-]. The molecule has 0 N–H and O–H groups in total. The third kappa shape index (κ3) is 4.94. The molecular weight excluding hydrogens is 524 g/mol. The van der Waals surface area contributed by atoms with Gasteiger partial charge in [0.05, 0.1) is 45.7 Å². The zero-order chi connectivity index (χ0) is 27.7. The number of halogens is 1. The second kappa shape index (κ2) is 10.6. The molecule has 0 aliphatic heterocycles. The summed E-state index contributed by atoms with van der Waals surface area (Å²) in [6, 6.07) is 16.7. The molecule has 5 aromatic rings. The fraction of sp³-hybridized carbons (Fsp3) is 0.179. The van der Waals surface area contributed by atoms with Crippen LogP contribution >= 0.6 is 11.6 Å². The zero-order valence-corrected chi connectivity index (χ0v) is 22.0. The first kappa shape index (κ1) is 25.9. The van der Waals surface area contributed by atoms with E-state index in [1.54, 1.807) is 62.6 Å². The number of rotatable bonds is 8. The van der Waals surface area contributed by atoms with Crippen molar-refractivity contribution in [3.8, 4) is 23.1 Å². The zero-order valence-electron chi connectivity index (χ0n) is 21.3. The molecular formula is C28H23ClN4O6. The summed E-state index contributed by atoms with van der Waals surface area (Å²) in [5.74, 6) is 1.01. The van der Waals surface area contributed by atoms with Crippen molar-refractivity contribution in [1.29, 1.82) is 0 Å². The molecule has 0 fully saturated rings. The Morgan fingerprint density at radius 2 is 1.97 bits per heavy atom. The largest absolute Gasteiger partial charge is 0.496 e. The number of fused-ring (bicyclic) bond motifs is 2. The molecule has 5 rings (SSSR count). The van der Waals surface area contributed by atoms with Gasteiger partial charge in [0.2, 0.25) is 11.6 Å². The molecule has 2 heterocycles. The van der Waals surface area contributed by atoms with Crippen LogP contribution in [0.1, 0.15) is 25.8 Å². The van der Waals surface area contributed by atoms with Crippen LogP contribution < -0.4 is 15.0 Å². The minimum atomic E-state index is -0.572. The molecule has 2 aromatic heterocycles. The lowest BCUT2D eigenvalue weighted by atomic mass is 10.2. The third-order valence-corrected chi connectivity index (χ3v) is 6.46. The smallest absolute Gasteiger partial charge is 0.313 e. The number of nitrogens with zero attached hydrogens (tertiary/aromatic N) is 4. The van der Waals surface area contributed by atoms with Crippen molar-refractivity contribution in [1.82, 2.24) is 9.66 Å². The molecule has 3 aromatic carbocycles. The molecule has 0 aliphatic rings. The number of nitro benzene ring substituents is 1. The van der Waals surface area contributed by atoms with E-state index in [1.165, 1.54) is 18.3 Å². The number of benzene rings is 3. The first-order valence-corrected chi connectivity index (χ1v) is 12.5. The Balaban J connectivity index is 1.67. The summed E-state index contributed by atoms with van der Waals surface area (Å²) in [7, 11) is 1.56. The van der Waals surface area contributed by atoms with E-state index < -0.39 is 10.5 Å². The van der Waals surface area contributed by atoms with Crippen LogP contribution in [-0.4, -0.2) is 34.0 Å². The summed E-state index contributed by atoms with van der Waals surface area (Å²) in [4.78, 5) is 29.4. The molecule has 0 saturated heterocycles. The summed E-state index contributed by atoms with van der Waals surface area (Å²) in [6.45, 7) is 3.69. The molecule has 0 bridgehead atoms. The van der Waals surface area contributed by atoms with Crippen LogP contribution in [0.5, 0.6) is 11.5 Å². The van der Waals surface area contributed by atoms with E-state index in [-0.39, 0.29) is 34.1 Å². The number of nitro groups is 1. The number of aromatic nitrogens is 2. The molecule has 0 radical (unpaired) electrons. The van der Waals surface area contributed by atoms with Crippen LogP contribution in [0.3, 0.4) is 0 Å². The Hall–Kier alpha value is -4.70.